The van der Waals surface area contributed by atoms with Gasteiger partial charge in [-0.25, -0.2) is 4.79 Å². The number of hydrogen-bond donors (Lipinski definition) is 2. The lowest BCUT2D eigenvalue weighted by molar-refractivity contribution is 0.0697. The van der Waals surface area contributed by atoms with Crippen LogP contribution in [0.2, 0.25) is 5.02 Å². The molecule has 0 heterocycles. The van der Waals surface area contributed by atoms with Crippen LogP contribution >= 0.6 is 11.6 Å². The molecule has 3 N–H and O–H groups in total. The van der Waals surface area contributed by atoms with Crippen LogP contribution in [0.4, 0.5) is 11.4 Å². The molecule has 0 aromatic heterocycles. The van der Waals surface area contributed by atoms with Crippen molar-refractivity contribution in [3.63, 3.8) is 0 Å². The Kier molecular flexibility index (Phi) is 3.15. The van der Waals surface area contributed by atoms with E-state index in [2.05, 4.69) is 0 Å². The number of benzene rings is 1. The van der Waals surface area contributed by atoms with Gasteiger partial charge in [-0.2, -0.15) is 0 Å². The van der Waals surface area contributed by atoms with Crippen LogP contribution in [0.5, 0.6) is 0 Å². The Morgan fingerprint density at radius 3 is 2.76 bits per heavy atom. The van der Waals surface area contributed by atoms with Gasteiger partial charge in [-0.05, 0) is 30.9 Å². The van der Waals surface area contributed by atoms with Crippen molar-refractivity contribution in [1.29, 1.82) is 0 Å². The summed E-state index contributed by atoms with van der Waals surface area (Å²) in [5.74, 6) is -0.341. The molecule has 0 radical (unpaired) electrons. The molecule has 1 fully saturated rings. The molecule has 4 nitrogen and oxygen atoms in total. The van der Waals surface area contributed by atoms with E-state index in [1.54, 1.807) is 6.07 Å². The third-order valence-corrected chi connectivity index (χ3v) is 3.21. The van der Waals surface area contributed by atoms with E-state index in [-0.39, 0.29) is 5.56 Å². The van der Waals surface area contributed by atoms with Gasteiger partial charge in [0.1, 0.15) is 0 Å². The van der Waals surface area contributed by atoms with Gasteiger partial charge in [0.25, 0.3) is 0 Å². The predicted molar refractivity (Wildman–Crippen MR) is 68.8 cm³/mol. The van der Waals surface area contributed by atoms with Crippen LogP contribution in [-0.2, 0) is 0 Å². The molecule has 1 aliphatic carbocycles. The number of carboxylic acids is 1. The second kappa shape index (κ2) is 4.45. The van der Waals surface area contributed by atoms with Crippen molar-refractivity contribution in [2.75, 3.05) is 24.2 Å². The highest BCUT2D eigenvalue weighted by Gasteiger charge is 2.26. The molecule has 2 rings (SSSR count). The lowest BCUT2D eigenvalue weighted by Gasteiger charge is -2.22. The number of carbonyl (C=O) groups is 1. The minimum Gasteiger partial charge on any atom is -0.478 e. The van der Waals surface area contributed by atoms with Crippen molar-refractivity contribution in [3.05, 3.63) is 22.7 Å². The Balaban J connectivity index is 2.38. The Morgan fingerprint density at radius 1 is 1.59 bits per heavy atom. The van der Waals surface area contributed by atoms with Gasteiger partial charge in [0.05, 0.1) is 16.3 Å². The molecule has 5 heteroatoms. The number of rotatable bonds is 4. The fourth-order valence-electron chi connectivity index (χ4n) is 1.95. The summed E-state index contributed by atoms with van der Waals surface area (Å²) in [6, 6.07) is 3.04. The number of anilines is 2. The van der Waals surface area contributed by atoms with Gasteiger partial charge in [-0.1, -0.05) is 11.6 Å². The molecule has 1 saturated carbocycles. The molecule has 0 atom stereocenters. The van der Waals surface area contributed by atoms with Gasteiger partial charge < -0.3 is 15.7 Å². The number of halogens is 1. The molecule has 0 bridgehead atoms. The molecule has 0 amide bonds. The largest absolute Gasteiger partial charge is 0.478 e. The third-order valence-electron chi connectivity index (χ3n) is 2.93. The lowest BCUT2D eigenvalue weighted by Crippen LogP contribution is -2.23. The number of nitrogens with zero attached hydrogens (tertiary/aromatic N) is 1. The van der Waals surface area contributed by atoms with E-state index in [1.807, 2.05) is 11.9 Å². The number of nitrogen functional groups attached to an aromatic ring is 1. The maximum Gasteiger partial charge on any atom is 0.337 e. The molecule has 0 spiro atoms. The maximum absolute atomic E-state index is 11.2. The highest BCUT2D eigenvalue weighted by molar-refractivity contribution is 6.34. The Hall–Kier alpha value is -1.42. The highest BCUT2D eigenvalue weighted by Crippen LogP contribution is 2.36. The highest BCUT2D eigenvalue weighted by atomic mass is 35.5. The smallest absolute Gasteiger partial charge is 0.337 e. The summed E-state index contributed by atoms with van der Waals surface area (Å²) in [6.45, 7) is 0.837. The summed E-state index contributed by atoms with van der Waals surface area (Å²) >= 11 is 6.09. The van der Waals surface area contributed by atoms with Gasteiger partial charge in [0.15, 0.2) is 0 Å². The zero-order valence-corrected chi connectivity index (χ0v) is 10.4. The van der Waals surface area contributed by atoms with Crippen molar-refractivity contribution in [1.82, 2.24) is 0 Å². The van der Waals surface area contributed by atoms with E-state index in [0.717, 1.165) is 6.54 Å². The molecular weight excluding hydrogens is 240 g/mol. The quantitative estimate of drug-likeness (QED) is 0.810. The molecule has 92 valence electrons. The van der Waals surface area contributed by atoms with Gasteiger partial charge in [0, 0.05) is 19.3 Å². The summed E-state index contributed by atoms with van der Waals surface area (Å²) in [6.07, 6.45) is 2.42. The van der Waals surface area contributed by atoms with E-state index in [4.69, 9.17) is 17.3 Å². The molecule has 1 aliphatic rings. The monoisotopic (exact) mass is 254 g/mol. The third kappa shape index (κ3) is 2.64. The van der Waals surface area contributed by atoms with Crippen molar-refractivity contribution in [2.24, 2.45) is 5.92 Å². The summed E-state index contributed by atoms with van der Waals surface area (Å²) < 4.78 is 0. The summed E-state index contributed by atoms with van der Waals surface area (Å²) in [5, 5.41) is 9.57. The van der Waals surface area contributed by atoms with Crippen LogP contribution in [0.15, 0.2) is 12.1 Å². The normalized spacial score (nSPS) is 14.7. The standard InChI is InChI=1S/C12H15ClN2O2/c1-15(6-7-2-3-7)11-9(12(16)17)4-8(14)5-10(11)13/h4-5,7H,2-3,6,14H2,1H3,(H,16,17). The fraction of sp³-hybridized carbons (Fsp3) is 0.417. The average molecular weight is 255 g/mol. The second-order valence-corrected chi connectivity index (χ2v) is 4.94. The van der Waals surface area contributed by atoms with Crippen LogP contribution in [0, 0.1) is 5.92 Å². The molecule has 0 saturated heterocycles. The van der Waals surface area contributed by atoms with Crippen molar-refractivity contribution in [3.8, 4) is 0 Å². The van der Waals surface area contributed by atoms with Crippen LogP contribution in [0.25, 0.3) is 0 Å². The zero-order valence-electron chi connectivity index (χ0n) is 9.61. The van der Waals surface area contributed by atoms with Crippen LogP contribution in [0.3, 0.4) is 0 Å². The minimum atomic E-state index is -1.00. The second-order valence-electron chi connectivity index (χ2n) is 4.53. The lowest BCUT2D eigenvalue weighted by atomic mass is 10.1. The van der Waals surface area contributed by atoms with Crippen molar-refractivity contribution < 1.29 is 9.90 Å². The maximum atomic E-state index is 11.2. The number of hydrogen-bond acceptors (Lipinski definition) is 3. The van der Waals surface area contributed by atoms with Gasteiger partial charge in [-0.15, -0.1) is 0 Å². The van der Waals surface area contributed by atoms with Gasteiger partial charge in [0.2, 0.25) is 0 Å². The van der Waals surface area contributed by atoms with Crippen molar-refractivity contribution >= 4 is 28.9 Å². The summed E-state index contributed by atoms with van der Waals surface area (Å²) in [4.78, 5) is 13.1. The van der Waals surface area contributed by atoms with Gasteiger partial charge >= 0.3 is 5.97 Å². The minimum absolute atomic E-state index is 0.165. The molecule has 1 aromatic carbocycles. The topological polar surface area (TPSA) is 66.6 Å². The molecular formula is C12H15ClN2O2. The number of carboxylic acid groups (broad SMARTS) is 1. The van der Waals surface area contributed by atoms with Crippen LogP contribution < -0.4 is 10.6 Å². The number of aromatic carboxylic acids is 1. The Bertz CT molecular complexity index is 458. The fourth-order valence-corrected chi connectivity index (χ4v) is 2.32. The van der Waals surface area contributed by atoms with Gasteiger partial charge in [-0.3, -0.25) is 0 Å². The SMILES string of the molecule is CN(CC1CC1)c1c(Cl)cc(N)cc1C(=O)O. The van der Waals surface area contributed by atoms with Crippen LogP contribution in [0.1, 0.15) is 23.2 Å². The molecule has 17 heavy (non-hydrogen) atoms. The van der Waals surface area contributed by atoms with E-state index in [9.17, 15) is 9.90 Å². The first-order chi connectivity index (χ1) is 7.99. The van der Waals surface area contributed by atoms with E-state index < -0.39 is 5.97 Å². The first kappa shape index (κ1) is 12.0. The van der Waals surface area contributed by atoms with Crippen molar-refractivity contribution in [2.45, 2.75) is 12.8 Å². The first-order valence-corrected chi connectivity index (χ1v) is 5.90. The van der Waals surface area contributed by atoms with E-state index in [1.165, 1.54) is 18.9 Å². The molecule has 0 unspecified atom stereocenters. The summed E-state index contributed by atoms with van der Waals surface area (Å²) in [7, 11) is 1.86. The van der Waals surface area contributed by atoms with E-state index in [0.29, 0.717) is 22.3 Å². The Labute approximate surface area is 105 Å². The summed E-state index contributed by atoms with van der Waals surface area (Å²) in [5.41, 5.74) is 6.71. The van der Waals surface area contributed by atoms with Crippen LogP contribution in [-0.4, -0.2) is 24.7 Å². The van der Waals surface area contributed by atoms with E-state index >= 15 is 0 Å². The first-order valence-electron chi connectivity index (χ1n) is 5.52. The zero-order chi connectivity index (χ0) is 12.6. The molecule has 1 aromatic rings. The average Bonchev–Trinajstić information content (AvgIpc) is 2.99. The predicted octanol–water partition coefficient (Wildman–Crippen LogP) is 2.47. The number of nitrogens with two attached hydrogens (primary N) is 1. The Morgan fingerprint density at radius 2 is 2.24 bits per heavy atom. The molecule has 0 aliphatic heterocycles.